The molecule has 1 amide bonds. The molecule has 194 valence electrons. The highest BCUT2D eigenvalue weighted by molar-refractivity contribution is 7.80. The molecule has 2 aromatic carbocycles. The molecule has 1 fully saturated rings. The number of aromatic nitrogens is 2. The normalized spacial score (nSPS) is 17.0. The van der Waals surface area contributed by atoms with Gasteiger partial charge in [-0.2, -0.15) is 0 Å². The monoisotopic (exact) mass is 543 g/mol. The second-order valence-corrected chi connectivity index (χ2v) is 10.4. The molecule has 3 heterocycles. The number of thiocarbonyl (C=S) groups is 1. The number of anilines is 2. The van der Waals surface area contributed by atoms with Crippen LogP contribution in [0.4, 0.5) is 11.4 Å². The Kier molecular flexibility index (Phi) is 7.23. The molecule has 4 aromatic rings. The highest BCUT2D eigenvalue weighted by Gasteiger charge is 2.42. The molecule has 1 aliphatic rings. The van der Waals surface area contributed by atoms with Crippen molar-refractivity contribution >= 4 is 46.2 Å². The summed E-state index contributed by atoms with van der Waals surface area (Å²) in [4.78, 5) is 18.9. The van der Waals surface area contributed by atoms with Crippen molar-refractivity contribution in [1.82, 2.24) is 14.9 Å². The Morgan fingerprint density at radius 2 is 1.79 bits per heavy atom. The van der Waals surface area contributed by atoms with Gasteiger partial charge in [-0.15, -0.1) is 0 Å². The number of hydrogen-bond acceptors (Lipinski definition) is 3. The SMILES string of the molecule is CCC(=O)Nc1ccc(N2C(=S)N[C@@H](c3ccccn3)[C@@H]2c2cc(C)n(-c3ccc(Cl)cc3)c2C)cc1C. The van der Waals surface area contributed by atoms with E-state index in [2.05, 4.69) is 51.1 Å². The number of amides is 1. The maximum atomic E-state index is 12.0. The summed E-state index contributed by atoms with van der Waals surface area (Å²) in [5.41, 5.74) is 8.09. The molecule has 38 heavy (non-hydrogen) atoms. The van der Waals surface area contributed by atoms with Crippen LogP contribution in [0.2, 0.25) is 5.02 Å². The molecule has 2 N–H and O–H groups in total. The predicted molar refractivity (Wildman–Crippen MR) is 158 cm³/mol. The molecule has 0 aliphatic carbocycles. The maximum Gasteiger partial charge on any atom is 0.224 e. The van der Waals surface area contributed by atoms with Crippen molar-refractivity contribution in [1.29, 1.82) is 0 Å². The molecule has 1 saturated heterocycles. The number of aryl methyl sites for hydroxylation is 2. The Morgan fingerprint density at radius 3 is 2.45 bits per heavy atom. The van der Waals surface area contributed by atoms with Crippen LogP contribution >= 0.6 is 23.8 Å². The van der Waals surface area contributed by atoms with E-state index in [1.165, 1.54) is 0 Å². The molecule has 0 saturated carbocycles. The molecular formula is C30H30ClN5OS. The lowest BCUT2D eigenvalue weighted by molar-refractivity contribution is -0.115. The first-order valence-corrected chi connectivity index (χ1v) is 13.4. The van der Waals surface area contributed by atoms with E-state index in [0.717, 1.165) is 45.3 Å². The zero-order valence-electron chi connectivity index (χ0n) is 21.8. The van der Waals surface area contributed by atoms with Crippen LogP contribution in [0.15, 0.2) is 72.9 Å². The Bertz CT molecular complexity index is 1500. The van der Waals surface area contributed by atoms with Gasteiger partial charge < -0.3 is 20.1 Å². The number of pyridine rings is 1. The van der Waals surface area contributed by atoms with Crippen molar-refractivity contribution in [3.8, 4) is 5.69 Å². The van der Waals surface area contributed by atoms with Gasteiger partial charge in [0, 0.05) is 46.1 Å². The zero-order valence-corrected chi connectivity index (χ0v) is 23.4. The molecule has 0 unspecified atom stereocenters. The predicted octanol–water partition coefficient (Wildman–Crippen LogP) is 6.98. The minimum absolute atomic E-state index is 0.0121. The van der Waals surface area contributed by atoms with Gasteiger partial charge in [0.2, 0.25) is 5.91 Å². The number of carbonyl (C=O) groups is 1. The van der Waals surface area contributed by atoms with Gasteiger partial charge in [0.05, 0.1) is 17.8 Å². The second-order valence-electron chi connectivity index (χ2n) is 9.54. The topological polar surface area (TPSA) is 62.2 Å². The van der Waals surface area contributed by atoms with Gasteiger partial charge in [-0.05, 0) is 105 Å². The summed E-state index contributed by atoms with van der Waals surface area (Å²) in [6, 6.07) is 21.8. The van der Waals surface area contributed by atoms with E-state index in [1.54, 1.807) is 0 Å². The number of hydrogen-bond donors (Lipinski definition) is 2. The zero-order chi connectivity index (χ0) is 27.0. The van der Waals surface area contributed by atoms with E-state index in [-0.39, 0.29) is 18.0 Å². The summed E-state index contributed by atoms with van der Waals surface area (Å²) in [5, 5.41) is 7.86. The van der Waals surface area contributed by atoms with Crippen LogP contribution in [0.5, 0.6) is 0 Å². The van der Waals surface area contributed by atoms with Gasteiger partial charge in [0.25, 0.3) is 0 Å². The molecular weight excluding hydrogens is 514 g/mol. The average Bonchev–Trinajstić information content (AvgIpc) is 3.41. The van der Waals surface area contributed by atoms with Gasteiger partial charge in [-0.3, -0.25) is 9.78 Å². The fourth-order valence-corrected chi connectivity index (χ4v) is 5.67. The summed E-state index contributed by atoms with van der Waals surface area (Å²) in [7, 11) is 0. The minimum Gasteiger partial charge on any atom is -0.351 e. The third-order valence-corrected chi connectivity index (χ3v) is 7.62. The largest absolute Gasteiger partial charge is 0.351 e. The highest BCUT2D eigenvalue weighted by Crippen LogP contribution is 2.44. The first-order chi connectivity index (χ1) is 18.3. The first-order valence-electron chi connectivity index (χ1n) is 12.6. The number of rotatable bonds is 6. The van der Waals surface area contributed by atoms with Crippen molar-refractivity contribution in [2.24, 2.45) is 0 Å². The van der Waals surface area contributed by atoms with Gasteiger partial charge >= 0.3 is 0 Å². The van der Waals surface area contributed by atoms with Crippen molar-refractivity contribution in [2.75, 3.05) is 10.2 Å². The fraction of sp³-hybridized carbons (Fsp3) is 0.233. The molecule has 0 radical (unpaired) electrons. The van der Waals surface area contributed by atoms with Crippen LogP contribution in [0.1, 0.15) is 53.6 Å². The Labute approximate surface area is 233 Å². The third-order valence-electron chi connectivity index (χ3n) is 7.06. The Balaban J connectivity index is 1.63. The molecule has 5 rings (SSSR count). The lowest BCUT2D eigenvalue weighted by atomic mass is 9.96. The summed E-state index contributed by atoms with van der Waals surface area (Å²) >= 11 is 12.1. The summed E-state index contributed by atoms with van der Waals surface area (Å²) in [6.07, 6.45) is 2.24. The van der Waals surface area contributed by atoms with E-state index in [4.69, 9.17) is 23.8 Å². The van der Waals surface area contributed by atoms with Crippen LogP contribution in [0.25, 0.3) is 5.69 Å². The van der Waals surface area contributed by atoms with Crippen molar-refractivity contribution < 1.29 is 4.79 Å². The van der Waals surface area contributed by atoms with Crippen LogP contribution in [-0.4, -0.2) is 20.6 Å². The lowest BCUT2D eigenvalue weighted by Crippen LogP contribution is -2.29. The lowest BCUT2D eigenvalue weighted by Gasteiger charge is -2.29. The van der Waals surface area contributed by atoms with E-state index < -0.39 is 0 Å². The number of halogens is 1. The van der Waals surface area contributed by atoms with Crippen molar-refractivity contribution in [3.63, 3.8) is 0 Å². The van der Waals surface area contributed by atoms with Gasteiger partial charge in [0.15, 0.2) is 5.11 Å². The average molecular weight is 544 g/mol. The molecule has 2 aromatic heterocycles. The molecule has 2 atom stereocenters. The minimum atomic E-state index is -0.150. The smallest absolute Gasteiger partial charge is 0.224 e. The Hall–Kier alpha value is -3.68. The summed E-state index contributed by atoms with van der Waals surface area (Å²) in [6.45, 7) is 8.09. The van der Waals surface area contributed by atoms with Crippen LogP contribution < -0.4 is 15.5 Å². The van der Waals surface area contributed by atoms with E-state index >= 15 is 0 Å². The van der Waals surface area contributed by atoms with E-state index in [1.807, 2.05) is 74.6 Å². The quantitative estimate of drug-likeness (QED) is 0.257. The summed E-state index contributed by atoms with van der Waals surface area (Å²) < 4.78 is 2.25. The van der Waals surface area contributed by atoms with Gasteiger partial charge in [-0.1, -0.05) is 24.6 Å². The number of nitrogens with zero attached hydrogens (tertiary/aromatic N) is 3. The van der Waals surface area contributed by atoms with E-state index in [9.17, 15) is 4.79 Å². The fourth-order valence-electron chi connectivity index (χ4n) is 5.20. The van der Waals surface area contributed by atoms with Crippen molar-refractivity contribution in [2.45, 2.75) is 46.2 Å². The molecule has 1 aliphatic heterocycles. The third kappa shape index (κ3) is 4.79. The second kappa shape index (κ2) is 10.6. The highest BCUT2D eigenvalue weighted by atomic mass is 35.5. The maximum absolute atomic E-state index is 12.0. The molecule has 6 nitrogen and oxygen atoms in total. The number of carbonyl (C=O) groups excluding carboxylic acids is 1. The standard InChI is InChI=1S/C30H30ClN5OS/c1-5-27(37)33-25-14-13-23(16-18(25)2)36-29(28(34-30(36)38)26-8-6-7-15-32-26)24-17-19(3)35(20(24)4)22-11-9-21(31)10-12-22/h6-17,28-29H,5H2,1-4H3,(H,33,37)(H,34,38)/t28-,29-/m0/s1. The molecule has 0 spiro atoms. The van der Waals surface area contributed by atoms with Crippen LogP contribution in [-0.2, 0) is 4.79 Å². The van der Waals surface area contributed by atoms with Crippen LogP contribution in [0, 0.1) is 20.8 Å². The van der Waals surface area contributed by atoms with Crippen molar-refractivity contribution in [3.05, 3.63) is 106 Å². The number of benzene rings is 2. The van der Waals surface area contributed by atoms with E-state index in [0.29, 0.717) is 16.6 Å². The Morgan fingerprint density at radius 1 is 1.05 bits per heavy atom. The van der Waals surface area contributed by atoms with Gasteiger partial charge in [0.1, 0.15) is 0 Å². The number of nitrogens with one attached hydrogen (secondary N) is 2. The molecule has 0 bridgehead atoms. The van der Waals surface area contributed by atoms with Gasteiger partial charge in [-0.25, -0.2) is 0 Å². The molecule has 8 heteroatoms. The summed E-state index contributed by atoms with van der Waals surface area (Å²) in [5.74, 6) is -0.0121. The first kappa shape index (κ1) is 25.9. The van der Waals surface area contributed by atoms with Crippen LogP contribution in [0.3, 0.4) is 0 Å².